The largest absolute Gasteiger partial charge is 0.343 e. The Hall–Kier alpha value is -2.84. The van der Waals surface area contributed by atoms with Gasteiger partial charge in [-0.15, -0.1) is 21.5 Å². The molecule has 1 N–H and O–H groups in total. The SMILES string of the molecule is O=C(Cn1nnc(-c2ccsc2)n1)NC(c1ccccc1)c1cccs1. The number of nitrogens with one attached hydrogen (secondary N) is 1. The third kappa shape index (κ3) is 3.71. The number of rotatable bonds is 6. The van der Waals surface area contributed by atoms with Crippen LogP contribution >= 0.6 is 22.7 Å². The summed E-state index contributed by atoms with van der Waals surface area (Å²) >= 11 is 3.18. The van der Waals surface area contributed by atoms with E-state index in [1.165, 1.54) is 4.80 Å². The minimum absolute atomic E-state index is 0.0197. The molecule has 0 saturated carbocycles. The molecule has 0 aliphatic rings. The van der Waals surface area contributed by atoms with Gasteiger partial charge in [-0.3, -0.25) is 4.79 Å². The normalized spacial score (nSPS) is 12.0. The van der Waals surface area contributed by atoms with Crippen LogP contribution in [0.5, 0.6) is 0 Å². The van der Waals surface area contributed by atoms with E-state index < -0.39 is 0 Å². The van der Waals surface area contributed by atoms with Gasteiger partial charge in [0.1, 0.15) is 6.54 Å². The van der Waals surface area contributed by atoms with Crippen LogP contribution in [0, 0.1) is 0 Å². The van der Waals surface area contributed by atoms with Crippen LogP contribution in [0.15, 0.2) is 64.7 Å². The van der Waals surface area contributed by atoms with Gasteiger partial charge < -0.3 is 5.32 Å². The number of benzene rings is 1. The number of aromatic nitrogens is 4. The Balaban J connectivity index is 1.49. The Kier molecular flexibility index (Phi) is 4.85. The van der Waals surface area contributed by atoms with E-state index in [4.69, 9.17) is 0 Å². The summed E-state index contributed by atoms with van der Waals surface area (Å²) < 4.78 is 0. The highest BCUT2D eigenvalue weighted by molar-refractivity contribution is 7.10. The van der Waals surface area contributed by atoms with Gasteiger partial charge in [-0.05, 0) is 33.7 Å². The molecule has 6 nitrogen and oxygen atoms in total. The Morgan fingerprint density at radius 1 is 1.12 bits per heavy atom. The van der Waals surface area contributed by atoms with Crippen molar-refractivity contribution in [2.24, 2.45) is 0 Å². The minimum Gasteiger partial charge on any atom is -0.343 e. The maximum Gasteiger partial charge on any atom is 0.244 e. The molecule has 1 amide bonds. The number of nitrogens with zero attached hydrogens (tertiary/aromatic N) is 4. The second kappa shape index (κ2) is 7.59. The van der Waals surface area contributed by atoms with E-state index in [0.717, 1.165) is 16.0 Å². The van der Waals surface area contributed by atoms with Crippen LogP contribution in [0.2, 0.25) is 0 Å². The number of hydrogen-bond acceptors (Lipinski definition) is 6. The molecule has 0 spiro atoms. The van der Waals surface area contributed by atoms with Crippen molar-refractivity contribution in [3.8, 4) is 11.4 Å². The summed E-state index contributed by atoms with van der Waals surface area (Å²) in [6.07, 6.45) is 0. The van der Waals surface area contributed by atoms with Crippen molar-refractivity contribution in [1.82, 2.24) is 25.5 Å². The number of thiophene rings is 2. The fourth-order valence-corrected chi connectivity index (χ4v) is 4.01. The lowest BCUT2D eigenvalue weighted by Crippen LogP contribution is -2.32. The maximum absolute atomic E-state index is 12.6. The number of tetrazole rings is 1. The van der Waals surface area contributed by atoms with E-state index in [1.54, 1.807) is 22.7 Å². The maximum atomic E-state index is 12.6. The van der Waals surface area contributed by atoms with Gasteiger partial charge in [0.2, 0.25) is 11.7 Å². The average Bonchev–Trinajstić information content (AvgIpc) is 3.41. The molecule has 0 fully saturated rings. The van der Waals surface area contributed by atoms with E-state index in [-0.39, 0.29) is 18.5 Å². The molecule has 3 heterocycles. The number of amides is 1. The lowest BCUT2D eigenvalue weighted by atomic mass is 10.1. The van der Waals surface area contributed by atoms with Crippen LogP contribution in [0.3, 0.4) is 0 Å². The van der Waals surface area contributed by atoms with E-state index in [0.29, 0.717) is 5.82 Å². The Morgan fingerprint density at radius 3 is 2.73 bits per heavy atom. The fourth-order valence-electron chi connectivity index (χ4n) is 2.57. The Bertz CT molecular complexity index is 964. The minimum atomic E-state index is -0.191. The van der Waals surface area contributed by atoms with Gasteiger partial charge in [0, 0.05) is 15.8 Å². The number of carbonyl (C=O) groups excluding carboxylic acids is 1. The molecule has 0 aliphatic carbocycles. The highest BCUT2D eigenvalue weighted by Crippen LogP contribution is 2.25. The molecule has 0 radical (unpaired) electrons. The van der Waals surface area contributed by atoms with E-state index in [9.17, 15) is 4.79 Å². The molecular formula is C18H15N5OS2. The van der Waals surface area contributed by atoms with Crippen LogP contribution in [-0.2, 0) is 11.3 Å². The van der Waals surface area contributed by atoms with Gasteiger partial charge in [0.05, 0.1) is 6.04 Å². The second-order valence-electron chi connectivity index (χ2n) is 5.58. The first-order valence-corrected chi connectivity index (χ1v) is 9.80. The molecule has 0 saturated heterocycles. The van der Waals surface area contributed by atoms with Gasteiger partial charge in [-0.25, -0.2) is 0 Å². The van der Waals surface area contributed by atoms with Crippen molar-refractivity contribution in [2.45, 2.75) is 12.6 Å². The lowest BCUT2D eigenvalue weighted by molar-refractivity contribution is -0.122. The van der Waals surface area contributed by atoms with Crippen LogP contribution in [0.4, 0.5) is 0 Å². The third-order valence-corrected chi connectivity index (χ3v) is 5.40. The van der Waals surface area contributed by atoms with Gasteiger partial charge in [-0.2, -0.15) is 16.1 Å². The van der Waals surface area contributed by atoms with Gasteiger partial charge in [-0.1, -0.05) is 36.4 Å². The number of hydrogen-bond donors (Lipinski definition) is 1. The molecule has 130 valence electrons. The molecule has 1 atom stereocenters. The topological polar surface area (TPSA) is 72.7 Å². The summed E-state index contributed by atoms with van der Waals surface area (Å²) in [6, 6.07) is 15.6. The fraction of sp³-hybridized carbons (Fsp3) is 0.111. The smallest absolute Gasteiger partial charge is 0.244 e. The molecule has 1 unspecified atom stereocenters. The van der Waals surface area contributed by atoms with Crippen molar-refractivity contribution in [3.05, 3.63) is 75.1 Å². The molecule has 4 rings (SSSR count). The first-order valence-electron chi connectivity index (χ1n) is 7.98. The van der Waals surface area contributed by atoms with Gasteiger partial charge >= 0.3 is 0 Å². The zero-order valence-corrected chi connectivity index (χ0v) is 15.3. The molecule has 0 bridgehead atoms. The molecule has 1 aromatic carbocycles. The summed E-state index contributed by atoms with van der Waals surface area (Å²) in [7, 11) is 0. The van der Waals surface area contributed by atoms with E-state index >= 15 is 0 Å². The highest BCUT2D eigenvalue weighted by atomic mass is 32.1. The average molecular weight is 381 g/mol. The monoisotopic (exact) mass is 381 g/mol. The predicted molar refractivity (Wildman–Crippen MR) is 102 cm³/mol. The second-order valence-corrected chi connectivity index (χ2v) is 7.34. The van der Waals surface area contributed by atoms with Crippen LogP contribution in [0.25, 0.3) is 11.4 Å². The summed E-state index contributed by atoms with van der Waals surface area (Å²) in [5.41, 5.74) is 1.94. The van der Waals surface area contributed by atoms with Crippen LogP contribution in [0.1, 0.15) is 16.5 Å². The van der Waals surface area contributed by atoms with Crippen molar-refractivity contribution < 1.29 is 4.79 Å². The van der Waals surface area contributed by atoms with Crippen molar-refractivity contribution in [1.29, 1.82) is 0 Å². The first kappa shape index (κ1) is 16.6. The number of carbonyl (C=O) groups is 1. The molecule has 3 aromatic heterocycles. The molecule has 26 heavy (non-hydrogen) atoms. The molecule has 0 aliphatic heterocycles. The Labute approximate surface area is 158 Å². The van der Waals surface area contributed by atoms with Crippen LogP contribution in [-0.4, -0.2) is 26.1 Å². The zero-order chi connectivity index (χ0) is 17.8. The van der Waals surface area contributed by atoms with Crippen LogP contribution < -0.4 is 5.32 Å². The Morgan fingerprint density at radius 2 is 2.00 bits per heavy atom. The molecule has 4 aromatic rings. The van der Waals surface area contributed by atoms with E-state index in [1.807, 2.05) is 64.7 Å². The zero-order valence-electron chi connectivity index (χ0n) is 13.6. The van der Waals surface area contributed by atoms with Crippen molar-refractivity contribution >= 4 is 28.6 Å². The lowest BCUT2D eigenvalue weighted by Gasteiger charge is -2.17. The summed E-state index contributed by atoms with van der Waals surface area (Å²) in [5.74, 6) is 0.360. The highest BCUT2D eigenvalue weighted by Gasteiger charge is 2.18. The summed E-state index contributed by atoms with van der Waals surface area (Å²) in [4.78, 5) is 15.0. The van der Waals surface area contributed by atoms with E-state index in [2.05, 4.69) is 20.7 Å². The first-order chi connectivity index (χ1) is 12.8. The van der Waals surface area contributed by atoms with Crippen molar-refractivity contribution in [2.75, 3.05) is 0 Å². The standard InChI is InChI=1S/C18H15N5OS2/c24-16(11-23-21-18(20-22-23)14-8-10-25-12-14)19-17(15-7-4-9-26-15)13-5-2-1-3-6-13/h1-10,12,17H,11H2,(H,19,24). The summed E-state index contributed by atoms with van der Waals surface area (Å²) in [6.45, 7) is 0.0197. The quantitative estimate of drug-likeness (QED) is 0.556. The predicted octanol–water partition coefficient (Wildman–Crippen LogP) is 3.37. The van der Waals surface area contributed by atoms with Crippen molar-refractivity contribution in [3.63, 3.8) is 0 Å². The third-order valence-electron chi connectivity index (χ3n) is 3.78. The molecule has 8 heteroatoms. The molecular weight excluding hydrogens is 366 g/mol. The van der Waals surface area contributed by atoms with Gasteiger partial charge in [0.15, 0.2) is 0 Å². The van der Waals surface area contributed by atoms with Gasteiger partial charge in [0.25, 0.3) is 0 Å². The summed E-state index contributed by atoms with van der Waals surface area (Å²) in [5, 5.41) is 21.2.